The maximum atomic E-state index is 11.4. The predicted octanol–water partition coefficient (Wildman–Crippen LogP) is 2.14. The van der Waals surface area contributed by atoms with Crippen molar-refractivity contribution in [1.82, 2.24) is 0 Å². The van der Waals surface area contributed by atoms with Crippen LogP contribution >= 0.6 is 0 Å². The van der Waals surface area contributed by atoms with Gasteiger partial charge in [-0.05, 0) is 0 Å². The Balaban J connectivity index is 2.74. The Morgan fingerprint density at radius 3 is 2.32 bits per heavy atom. The molecule has 0 radical (unpaired) electrons. The van der Waals surface area contributed by atoms with Crippen molar-refractivity contribution in [1.29, 1.82) is 10.5 Å². The molecule has 2 aromatic rings. The van der Waals surface area contributed by atoms with Crippen LogP contribution in [-0.4, -0.2) is 18.1 Å². The molecule has 3 N–H and O–H groups in total. The standard InChI is InChI=1S/C14H9N3O4S/c15-6-9(7-16)8-17-14-11-4-2-1-3-10(11)13(5-12(14)18)22(19,20)21/h1-5,8,17-18H,(H,19,20,21). The van der Waals surface area contributed by atoms with Crippen LogP contribution in [0.5, 0.6) is 5.75 Å². The fourth-order valence-corrected chi connectivity index (χ4v) is 2.64. The van der Waals surface area contributed by atoms with Crippen LogP contribution in [0, 0.1) is 22.7 Å². The van der Waals surface area contributed by atoms with E-state index in [4.69, 9.17) is 10.5 Å². The first-order chi connectivity index (χ1) is 10.4. The molecule has 110 valence electrons. The molecule has 0 aliphatic heterocycles. The second-order valence-electron chi connectivity index (χ2n) is 4.22. The molecular weight excluding hydrogens is 306 g/mol. The van der Waals surface area contributed by atoms with Crippen LogP contribution in [0.2, 0.25) is 0 Å². The number of allylic oxidation sites excluding steroid dienone is 1. The van der Waals surface area contributed by atoms with Crippen molar-refractivity contribution in [2.45, 2.75) is 4.90 Å². The Labute approximate surface area is 126 Å². The van der Waals surface area contributed by atoms with Gasteiger partial charge in [0.1, 0.15) is 28.4 Å². The van der Waals surface area contributed by atoms with Gasteiger partial charge < -0.3 is 10.4 Å². The molecule has 0 saturated carbocycles. The topological polar surface area (TPSA) is 134 Å². The van der Waals surface area contributed by atoms with Crippen molar-refractivity contribution < 1.29 is 18.1 Å². The Bertz CT molecular complexity index is 950. The van der Waals surface area contributed by atoms with Crippen LogP contribution in [0.1, 0.15) is 0 Å². The van der Waals surface area contributed by atoms with E-state index in [1.165, 1.54) is 12.1 Å². The van der Waals surface area contributed by atoms with Gasteiger partial charge >= 0.3 is 0 Å². The molecule has 0 fully saturated rings. The number of anilines is 1. The first kappa shape index (κ1) is 15.3. The van der Waals surface area contributed by atoms with Crippen molar-refractivity contribution >= 4 is 26.6 Å². The summed E-state index contributed by atoms with van der Waals surface area (Å²) in [7, 11) is -4.52. The number of nitriles is 2. The third-order valence-corrected chi connectivity index (χ3v) is 3.76. The molecule has 0 amide bonds. The van der Waals surface area contributed by atoms with Crippen LogP contribution in [0.25, 0.3) is 10.8 Å². The van der Waals surface area contributed by atoms with Crippen molar-refractivity contribution in [3.05, 3.63) is 42.1 Å². The fourth-order valence-electron chi connectivity index (χ4n) is 1.93. The van der Waals surface area contributed by atoms with Crippen LogP contribution < -0.4 is 5.32 Å². The zero-order valence-electron chi connectivity index (χ0n) is 11.0. The zero-order valence-corrected chi connectivity index (χ0v) is 11.8. The molecule has 0 aromatic heterocycles. The lowest BCUT2D eigenvalue weighted by Crippen LogP contribution is -2.01. The number of fused-ring (bicyclic) bond motifs is 1. The number of benzene rings is 2. The lowest BCUT2D eigenvalue weighted by atomic mass is 10.1. The lowest BCUT2D eigenvalue weighted by Gasteiger charge is -2.11. The summed E-state index contributed by atoms with van der Waals surface area (Å²) in [5, 5.41) is 30.4. The monoisotopic (exact) mass is 315 g/mol. The summed E-state index contributed by atoms with van der Waals surface area (Å²) in [6, 6.07) is 10.4. The molecule has 7 nitrogen and oxygen atoms in total. The molecule has 2 aromatic carbocycles. The SMILES string of the molecule is N#CC(C#N)=CNc1c(O)cc(S(=O)(=O)O)c2ccccc12. The second kappa shape index (κ2) is 5.74. The zero-order chi connectivity index (χ0) is 16.3. The highest BCUT2D eigenvalue weighted by Gasteiger charge is 2.18. The molecular formula is C14H9N3O4S. The van der Waals surface area contributed by atoms with E-state index < -0.39 is 20.8 Å². The summed E-state index contributed by atoms with van der Waals surface area (Å²) < 4.78 is 32.0. The van der Waals surface area contributed by atoms with E-state index in [1.807, 2.05) is 0 Å². The number of phenolic OH excluding ortho intramolecular Hbond substituents is 1. The van der Waals surface area contributed by atoms with Gasteiger partial charge in [-0.3, -0.25) is 4.55 Å². The number of nitrogens with zero attached hydrogens (tertiary/aromatic N) is 2. The largest absolute Gasteiger partial charge is 0.506 e. The lowest BCUT2D eigenvalue weighted by molar-refractivity contribution is 0.469. The molecule has 8 heteroatoms. The van der Waals surface area contributed by atoms with Crippen LogP contribution in [0.3, 0.4) is 0 Å². The average Bonchev–Trinajstić information content (AvgIpc) is 2.48. The second-order valence-corrected chi connectivity index (χ2v) is 5.61. The Morgan fingerprint density at radius 1 is 1.18 bits per heavy atom. The quantitative estimate of drug-likeness (QED) is 0.448. The molecule has 0 spiro atoms. The molecule has 0 aliphatic carbocycles. The van der Waals surface area contributed by atoms with Gasteiger partial charge in [0.2, 0.25) is 0 Å². The third kappa shape index (κ3) is 2.83. The van der Waals surface area contributed by atoms with E-state index >= 15 is 0 Å². The van der Waals surface area contributed by atoms with Crippen LogP contribution in [0.4, 0.5) is 5.69 Å². The maximum absolute atomic E-state index is 11.4. The highest BCUT2D eigenvalue weighted by Crippen LogP contribution is 2.37. The summed E-state index contributed by atoms with van der Waals surface area (Å²) >= 11 is 0. The number of phenols is 1. The van der Waals surface area contributed by atoms with Crippen molar-refractivity contribution in [3.8, 4) is 17.9 Å². The smallest absolute Gasteiger partial charge is 0.295 e. The number of hydrogen-bond donors (Lipinski definition) is 3. The summed E-state index contributed by atoms with van der Waals surface area (Å²) in [5.41, 5.74) is -0.103. The van der Waals surface area contributed by atoms with Gasteiger partial charge in [0.15, 0.2) is 0 Å². The van der Waals surface area contributed by atoms with E-state index in [9.17, 15) is 18.1 Å². The van der Waals surface area contributed by atoms with Crippen LogP contribution in [-0.2, 0) is 10.1 Å². The minimum atomic E-state index is -4.52. The first-order valence-corrected chi connectivity index (χ1v) is 7.31. The Kier molecular flexibility index (Phi) is 4.00. The molecule has 0 atom stereocenters. The van der Waals surface area contributed by atoms with Crippen molar-refractivity contribution in [2.75, 3.05) is 5.32 Å². The number of nitrogens with one attached hydrogen (secondary N) is 1. The first-order valence-electron chi connectivity index (χ1n) is 5.87. The molecule has 0 heterocycles. The molecule has 0 saturated heterocycles. The summed E-state index contributed by atoms with van der Waals surface area (Å²) in [6.45, 7) is 0. The predicted molar refractivity (Wildman–Crippen MR) is 78.4 cm³/mol. The summed E-state index contributed by atoms with van der Waals surface area (Å²) in [6.07, 6.45) is 1.09. The molecule has 0 bridgehead atoms. The van der Waals surface area contributed by atoms with Crippen LogP contribution in [0.15, 0.2) is 47.0 Å². The van der Waals surface area contributed by atoms with E-state index in [0.717, 1.165) is 12.3 Å². The fraction of sp³-hybridized carbons (Fsp3) is 0. The highest BCUT2D eigenvalue weighted by molar-refractivity contribution is 7.86. The van der Waals surface area contributed by atoms with Gasteiger partial charge in [0, 0.05) is 23.0 Å². The Hall–Kier alpha value is -3.07. The molecule has 0 unspecified atom stereocenters. The highest BCUT2D eigenvalue weighted by atomic mass is 32.2. The van der Waals surface area contributed by atoms with Gasteiger partial charge in [0.05, 0.1) is 5.69 Å². The molecule has 0 aliphatic rings. The maximum Gasteiger partial charge on any atom is 0.295 e. The van der Waals surface area contributed by atoms with Crippen molar-refractivity contribution in [2.24, 2.45) is 0 Å². The number of rotatable bonds is 3. The summed E-state index contributed by atoms with van der Waals surface area (Å²) in [4.78, 5) is -0.434. The minimum absolute atomic E-state index is 0.117. The molecule has 2 rings (SSSR count). The van der Waals surface area contributed by atoms with Gasteiger partial charge in [-0.1, -0.05) is 24.3 Å². The number of aromatic hydroxyl groups is 1. The normalized spacial score (nSPS) is 10.5. The van der Waals surface area contributed by atoms with E-state index in [0.29, 0.717) is 5.39 Å². The van der Waals surface area contributed by atoms with Gasteiger partial charge in [0.25, 0.3) is 10.1 Å². The van der Waals surface area contributed by atoms with Gasteiger partial charge in [-0.25, -0.2) is 0 Å². The average molecular weight is 315 g/mol. The molecule has 22 heavy (non-hydrogen) atoms. The van der Waals surface area contributed by atoms with E-state index in [2.05, 4.69) is 5.32 Å². The van der Waals surface area contributed by atoms with Gasteiger partial charge in [-0.2, -0.15) is 18.9 Å². The third-order valence-electron chi connectivity index (χ3n) is 2.87. The Morgan fingerprint density at radius 2 is 1.77 bits per heavy atom. The van der Waals surface area contributed by atoms with Gasteiger partial charge in [-0.15, -0.1) is 0 Å². The summed E-state index contributed by atoms with van der Waals surface area (Å²) in [5.74, 6) is -0.446. The van der Waals surface area contributed by atoms with E-state index in [1.54, 1.807) is 24.3 Å². The van der Waals surface area contributed by atoms with Crippen molar-refractivity contribution in [3.63, 3.8) is 0 Å². The number of hydrogen-bond acceptors (Lipinski definition) is 6. The minimum Gasteiger partial charge on any atom is -0.506 e. The van der Waals surface area contributed by atoms with E-state index in [-0.39, 0.29) is 16.6 Å².